The molecular weight excluding hydrogens is 218 g/mol. The number of ether oxygens (including phenoxy) is 1. The maximum atomic E-state index is 11.1. The van der Waals surface area contributed by atoms with E-state index in [1.807, 2.05) is 24.3 Å². The summed E-state index contributed by atoms with van der Waals surface area (Å²) in [4.78, 5) is 17.5. The summed E-state index contributed by atoms with van der Waals surface area (Å²) in [7, 11) is 1.63. The van der Waals surface area contributed by atoms with Crippen LogP contribution in [0.2, 0.25) is 0 Å². The first-order chi connectivity index (χ1) is 8.29. The highest BCUT2D eigenvalue weighted by Gasteiger charge is 2.01. The van der Waals surface area contributed by atoms with Gasteiger partial charge in [-0.2, -0.15) is 0 Å². The molecule has 0 radical (unpaired) electrons. The summed E-state index contributed by atoms with van der Waals surface area (Å²) in [6.07, 6.45) is 1.37. The van der Waals surface area contributed by atoms with Crippen LogP contribution >= 0.6 is 0 Å². The first kappa shape index (κ1) is 11.2. The maximum Gasteiger partial charge on any atom is 0.252 e. The molecule has 17 heavy (non-hydrogen) atoms. The Bertz CT molecular complexity index is 551. The lowest BCUT2D eigenvalue weighted by molar-refractivity contribution is 0.410. The molecule has 0 spiro atoms. The minimum Gasteiger partial charge on any atom is -0.496 e. The topological polar surface area (TPSA) is 67.0 Å². The van der Waals surface area contributed by atoms with Gasteiger partial charge in [-0.3, -0.25) is 4.79 Å². The van der Waals surface area contributed by atoms with Crippen molar-refractivity contribution in [2.24, 2.45) is 0 Å². The third-order valence-electron chi connectivity index (χ3n) is 2.33. The number of aromatic nitrogens is 2. The normalized spacial score (nSPS) is 9.94. The van der Waals surface area contributed by atoms with Gasteiger partial charge >= 0.3 is 0 Å². The predicted octanol–water partition coefficient (Wildman–Crippen LogP) is 1.39. The highest BCUT2D eigenvalue weighted by molar-refractivity contribution is 5.38. The Kier molecular flexibility index (Phi) is 3.40. The standard InChI is InChI=1S/C12H13N3O2/c1-17-10-5-3-2-4-9(10)7-13-11-6-12(16)15-8-14-11/h2-6,8H,7H2,1H3,(H2,13,14,15,16). The number of benzene rings is 1. The summed E-state index contributed by atoms with van der Waals surface area (Å²) in [6.45, 7) is 0.556. The summed E-state index contributed by atoms with van der Waals surface area (Å²) in [5.74, 6) is 1.35. The van der Waals surface area contributed by atoms with Crippen LogP contribution < -0.4 is 15.6 Å². The molecule has 0 unspecified atom stereocenters. The molecule has 0 aliphatic heterocycles. The van der Waals surface area contributed by atoms with E-state index in [0.29, 0.717) is 12.4 Å². The van der Waals surface area contributed by atoms with Crippen molar-refractivity contribution >= 4 is 5.82 Å². The fourth-order valence-electron chi connectivity index (χ4n) is 1.50. The molecule has 1 heterocycles. The van der Waals surface area contributed by atoms with Crippen LogP contribution in [0.1, 0.15) is 5.56 Å². The van der Waals surface area contributed by atoms with E-state index in [0.717, 1.165) is 11.3 Å². The van der Waals surface area contributed by atoms with E-state index in [4.69, 9.17) is 4.74 Å². The predicted molar refractivity (Wildman–Crippen MR) is 65.2 cm³/mol. The lowest BCUT2D eigenvalue weighted by atomic mass is 10.2. The van der Waals surface area contributed by atoms with Crippen molar-refractivity contribution in [3.63, 3.8) is 0 Å². The van der Waals surface area contributed by atoms with Crippen LogP contribution in [0.3, 0.4) is 0 Å². The van der Waals surface area contributed by atoms with Crippen molar-refractivity contribution in [3.05, 3.63) is 52.6 Å². The minimum atomic E-state index is -0.178. The number of nitrogens with one attached hydrogen (secondary N) is 2. The minimum absolute atomic E-state index is 0.178. The quantitative estimate of drug-likeness (QED) is 0.834. The van der Waals surface area contributed by atoms with Crippen molar-refractivity contribution in [2.75, 3.05) is 12.4 Å². The molecule has 88 valence electrons. The van der Waals surface area contributed by atoms with Gasteiger partial charge in [0.1, 0.15) is 11.6 Å². The maximum absolute atomic E-state index is 11.1. The van der Waals surface area contributed by atoms with Crippen LogP contribution in [0, 0.1) is 0 Å². The Morgan fingerprint density at radius 3 is 3.00 bits per heavy atom. The smallest absolute Gasteiger partial charge is 0.252 e. The molecule has 2 N–H and O–H groups in total. The van der Waals surface area contributed by atoms with Gasteiger partial charge in [0.15, 0.2) is 0 Å². The fraction of sp³-hybridized carbons (Fsp3) is 0.167. The zero-order chi connectivity index (χ0) is 12.1. The van der Waals surface area contributed by atoms with Gasteiger partial charge in [-0.05, 0) is 6.07 Å². The van der Waals surface area contributed by atoms with Gasteiger partial charge in [0.05, 0.1) is 13.4 Å². The van der Waals surface area contributed by atoms with Crippen molar-refractivity contribution in [1.82, 2.24) is 9.97 Å². The van der Waals surface area contributed by atoms with E-state index in [-0.39, 0.29) is 5.56 Å². The number of hydrogen-bond acceptors (Lipinski definition) is 4. The second-order valence-electron chi connectivity index (χ2n) is 3.46. The molecular formula is C12H13N3O2. The second-order valence-corrected chi connectivity index (χ2v) is 3.46. The summed E-state index contributed by atoms with van der Waals surface area (Å²) >= 11 is 0. The van der Waals surface area contributed by atoms with Crippen LogP contribution in [-0.2, 0) is 6.54 Å². The molecule has 0 saturated carbocycles. The Labute approximate surface area is 98.5 Å². The van der Waals surface area contributed by atoms with Crippen LogP contribution in [0.4, 0.5) is 5.82 Å². The molecule has 2 rings (SSSR count). The van der Waals surface area contributed by atoms with Gasteiger partial charge in [-0.1, -0.05) is 18.2 Å². The van der Waals surface area contributed by atoms with E-state index in [1.54, 1.807) is 7.11 Å². The van der Waals surface area contributed by atoms with E-state index in [9.17, 15) is 4.79 Å². The lowest BCUT2D eigenvalue weighted by Crippen LogP contribution is -2.09. The average molecular weight is 231 g/mol. The number of nitrogens with zero attached hydrogens (tertiary/aromatic N) is 1. The number of rotatable bonds is 4. The number of hydrogen-bond donors (Lipinski definition) is 2. The second kappa shape index (κ2) is 5.16. The fourth-order valence-corrected chi connectivity index (χ4v) is 1.50. The van der Waals surface area contributed by atoms with Gasteiger partial charge in [-0.25, -0.2) is 4.98 Å². The van der Waals surface area contributed by atoms with Crippen LogP contribution in [0.25, 0.3) is 0 Å². The Balaban J connectivity index is 2.09. The molecule has 0 aliphatic carbocycles. The molecule has 0 atom stereocenters. The van der Waals surface area contributed by atoms with Gasteiger partial charge in [0.25, 0.3) is 5.56 Å². The van der Waals surface area contributed by atoms with E-state index in [1.165, 1.54) is 12.4 Å². The molecule has 1 aromatic carbocycles. The van der Waals surface area contributed by atoms with Gasteiger partial charge in [0.2, 0.25) is 0 Å². The van der Waals surface area contributed by atoms with Gasteiger partial charge < -0.3 is 15.0 Å². The Hall–Kier alpha value is -2.30. The van der Waals surface area contributed by atoms with Crippen molar-refractivity contribution in [2.45, 2.75) is 6.54 Å². The highest BCUT2D eigenvalue weighted by atomic mass is 16.5. The number of para-hydroxylation sites is 1. The van der Waals surface area contributed by atoms with Crippen molar-refractivity contribution in [3.8, 4) is 5.75 Å². The molecule has 0 bridgehead atoms. The van der Waals surface area contributed by atoms with Crippen LogP contribution in [0.15, 0.2) is 41.5 Å². The third kappa shape index (κ3) is 2.84. The Morgan fingerprint density at radius 2 is 2.24 bits per heavy atom. The lowest BCUT2D eigenvalue weighted by Gasteiger charge is -2.09. The molecule has 5 heteroatoms. The molecule has 0 aliphatic rings. The van der Waals surface area contributed by atoms with Gasteiger partial charge in [-0.15, -0.1) is 0 Å². The average Bonchev–Trinajstić information content (AvgIpc) is 2.37. The van der Waals surface area contributed by atoms with E-state index in [2.05, 4.69) is 15.3 Å². The molecule has 0 fully saturated rings. The third-order valence-corrected chi connectivity index (χ3v) is 2.33. The summed E-state index contributed by atoms with van der Waals surface area (Å²) in [6, 6.07) is 9.11. The largest absolute Gasteiger partial charge is 0.496 e. The summed E-state index contributed by atoms with van der Waals surface area (Å²) in [5, 5.41) is 3.07. The highest BCUT2D eigenvalue weighted by Crippen LogP contribution is 2.17. The first-order valence-corrected chi connectivity index (χ1v) is 5.20. The number of aromatic amines is 1. The molecule has 0 amide bonds. The molecule has 0 saturated heterocycles. The molecule has 2 aromatic rings. The zero-order valence-electron chi connectivity index (χ0n) is 9.43. The molecule has 5 nitrogen and oxygen atoms in total. The Morgan fingerprint density at radius 1 is 1.41 bits per heavy atom. The van der Waals surface area contributed by atoms with Crippen LogP contribution in [0.5, 0.6) is 5.75 Å². The monoisotopic (exact) mass is 231 g/mol. The van der Waals surface area contributed by atoms with Gasteiger partial charge in [0, 0.05) is 18.2 Å². The first-order valence-electron chi connectivity index (χ1n) is 5.20. The summed E-state index contributed by atoms with van der Waals surface area (Å²) < 4.78 is 5.23. The van der Waals surface area contributed by atoms with Crippen molar-refractivity contribution in [1.29, 1.82) is 0 Å². The number of methoxy groups -OCH3 is 1. The number of anilines is 1. The summed E-state index contributed by atoms with van der Waals surface area (Å²) in [5.41, 5.74) is 0.833. The SMILES string of the molecule is COc1ccccc1CNc1cc(=O)[nH]cn1. The zero-order valence-corrected chi connectivity index (χ0v) is 9.43. The molecule has 1 aromatic heterocycles. The van der Waals surface area contributed by atoms with E-state index < -0.39 is 0 Å². The van der Waals surface area contributed by atoms with Crippen LogP contribution in [-0.4, -0.2) is 17.1 Å². The van der Waals surface area contributed by atoms with Crippen molar-refractivity contribution < 1.29 is 4.74 Å². The number of H-pyrrole nitrogens is 1. The van der Waals surface area contributed by atoms with E-state index >= 15 is 0 Å².